The lowest BCUT2D eigenvalue weighted by molar-refractivity contribution is -0.128. The van der Waals surface area contributed by atoms with Gasteiger partial charge in [-0.2, -0.15) is 0 Å². The number of rotatable bonds is 7. The predicted molar refractivity (Wildman–Crippen MR) is 130 cm³/mol. The highest BCUT2D eigenvalue weighted by molar-refractivity contribution is 5.79. The SMILES string of the molecule is O=C(NC(c1ccccn1)C1CCCN(Cc2ccc(-c3ccccn3)cc2)C1)C1CCC1. The van der Waals surface area contributed by atoms with Crippen molar-refractivity contribution in [3.63, 3.8) is 0 Å². The van der Waals surface area contributed by atoms with E-state index in [2.05, 4.69) is 50.5 Å². The monoisotopic (exact) mass is 440 g/mol. The van der Waals surface area contributed by atoms with Gasteiger partial charge in [-0.3, -0.25) is 19.7 Å². The van der Waals surface area contributed by atoms with Gasteiger partial charge in [0.2, 0.25) is 5.91 Å². The Kier molecular flexibility index (Phi) is 6.77. The van der Waals surface area contributed by atoms with Gasteiger partial charge < -0.3 is 5.32 Å². The highest BCUT2D eigenvalue weighted by Crippen LogP contribution is 2.32. The first-order valence-electron chi connectivity index (χ1n) is 12.2. The van der Waals surface area contributed by atoms with Gasteiger partial charge in [-0.25, -0.2) is 0 Å². The number of aromatic nitrogens is 2. The van der Waals surface area contributed by atoms with E-state index in [9.17, 15) is 4.79 Å². The van der Waals surface area contributed by atoms with Crippen LogP contribution in [0.3, 0.4) is 0 Å². The molecule has 1 saturated heterocycles. The highest BCUT2D eigenvalue weighted by Gasteiger charge is 2.33. The molecule has 2 atom stereocenters. The Balaban J connectivity index is 1.26. The van der Waals surface area contributed by atoms with Gasteiger partial charge in [0, 0.05) is 37.0 Å². The van der Waals surface area contributed by atoms with E-state index < -0.39 is 0 Å². The van der Waals surface area contributed by atoms with Crippen LogP contribution in [0.2, 0.25) is 0 Å². The number of carbonyl (C=O) groups is 1. The van der Waals surface area contributed by atoms with Crippen molar-refractivity contribution in [1.29, 1.82) is 0 Å². The van der Waals surface area contributed by atoms with Crippen LogP contribution in [0, 0.1) is 11.8 Å². The lowest BCUT2D eigenvalue weighted by Crippen LogP contribution is -2.45. The summed E-state index contributed by atoms with van der Waals surface area (Å²) in [6.45, 7) is 2.97. The summed E-state index contributed by atoms with van der Waals surface area (Å²) >= 11 is 0. The third-order valence-electron chi connectivity index (χ3n) is 7.11. The van der Waals surface area contributed by atoms with Gasteiger partial charge in [-0.15, -0.1) is 0 Å². The fourth-order valence-corrected chi connectivity index (χ4v) is 5.01. The molecule has 1 amide bonds. The molecule has 1 aliphatic heterocycles. The van der Waals surface area contributed by atoms with Crippen LogP contribution in [-0.4, -0.2) is 33.9 Å². The Morgan fingerprint density at radius 1 is 0.939 bits per heavy atom. The fraction of sp³-hybridized carbons (Fsp3) is 0.393. The van der Waals surface area contributed by atoms with Crippen molar-refractivity contribution >= 4 is 5.91 Å². The number of carbonyl (C=O) groups excluding carboxylic acids is 1. The number of amides is 1. The molecule has 1 aliphatic carbocycles. The number of hydrogen-bond acceptors (Lipinski definition) is 4. The Hall–Kier alpha value is -3.05. The maximum atomic E-state index is 12.8. The van der Waals surface area contributed by atoms with Gasteiger partial charge in [0.1, 0.15) is 0 Å². The minimum atomic E-state index is -0.0198. The number of benzene rings is 1. The molecule has 1 saturated carbocycles. The van der Waals surface area contributed by atoms with Crippen LogP contribution >= 0.6 is 0 Å². The van der Waals surface area contributed by atoms with Crippen molar-refractivity contribution in [2.75, 3.05) is 13.1 Å². The lowest BCUT2D eigenvalue weighted by atomic mass is 9.83. The molecule has 2 fully saturated rings. The maximum Gasteiger partial charge on any atom is 0.223 e. The molecular weight excluding hydrogens is 408 g/mol. The lowest BCUT2D eigenvalue weighted by Gasteiger charge is -2.38. The predicted octanol–water partition coefficient (Wildman–Crippen LogP) is 5.01. The molecule has 2 unspecified atom stereocenters. The number of likely N-dealkylation sites (tertiary alicyclic amines) is 1. The van der Waals surface area contributed by atoms with Gasteiger partial charge >= 0.3 is 0 Å². The first-order chi connectivity index (χ1) is 16.3. The highest BCUT2D eigenvalue weighted by atomic mass is 16.2. The molecule has 5 rings (SSSR count). The summed E-state index contributed by atoms with van der Waals surface area (Å²) in [6.07, 6.45) is 9.13. The van der Waals surface area contributed by atoms with Crippen molar-refractivity contribution in [3.05, 3.63) is 84.3 Å². The summed E-state index contributed by atoms with van der Waals surface area (Å²) < 4.78 is 0. The first-order valence-corrected chi connectivity index (χ1v) is 12.2. The minimum Gasteiger partial charge on any atom is -0.347 e. The van der Waals surface area contributed by atoms with Crippen molar-refractivity contribution in [2.45, 2.75) is 44.7 Å². The molecule has 3 heterocycles. The van der Waals surface area contributed by atoms with Crippen LogP contribution in [0.5, 0.6) is 0 Å². The second-order valence-electron chi connectivity index (χ2n) is 9.42. The van der Waals surface area contributed by atoms with Crippen LogP contribution in [0.15, 0.2) is 73.1 Å². The normalized spacial score (nSPS) is 20.1. The smallest absolute Gasteiger partial charge is 0.223 e. The van der Waals surface area contributed by atoms with E-state index in [4.69, 9.17) is 0 Å². The van der Waals surface area contributed by atoms with E-state index in [1.807, 2.05) is 42.7 Å². The topological polar surface area (TPSA) is 58.1 Å². The summed E-state index contributed by atoms with van der Waals surface area (Å²) in [5.41, 5.74) is 4.44. The molecule has 2 aliphatic rings. The summed E-state index contributed by atoms with van der Waals surface area (Å²) in [7, 11) is 0. The van der Waals surface area contributed by atoms with Gasteiger partial charge in [-0.05, 0) is 68.0 Å². The van der Waals surface area contributed by atoms with E-state index in [-0.39, 0.29) is 17.9 Å². The Bertz CT molecular complexity index is 1030. The number of nitrogens with one attached hydrogen (secondary N) is 1. The number of piperidine rings is 1. The van der Waals surface area contributed by atoms with Crippen molar-refractivity contribution in [3.8, 4) is 11.3 Å². The second kappa shape index (κ2) is 10.3. The zero-order chi connectivity index (χ0) is 22.5. The van der Waals surface area contributed by atoms with Crippen LogP contribution in [0.1, 0.15) is 49.4 Å². The third-order valence-corrected chi connectivity index (χ3v) is 7.11. The zero-order valence-corrected chi connectivity index (χ0v) is 19.1. The van der Waals surface area contributed by atoms with Crippen LogP contribution in [-0.2, 0) is 11.3 Å². The summed E-state index contributed by atoms with van der Waals surface area (Å²) in [6, 6.07) is 20.7. The van der Waals surface area contributed by atoms with E-state index >= 15 is 0 Å². The number of hydrogen-bond donors (Lipinski definition) is 1. The number of pyridine rings is 2. The molecule has 1 aromatic carbocycles. The van der Waals surface area contributed by atoms with Crippen LogP contribution < -0.4 is 5.32 Å². The van der Waals surface area contributed by atoms with Gasteiger partial charge in [0.15, 0.2) is 0 Å². The number of nitrogens with zero attached hydrogens (tertiary/aromatic N) is 3. The van der Waals surface area contributed by atoms with Crippen molar-refractivity contribution in [2.24, 2.45) is 11.8 Å². The maximum absolute atomic E-state index is 12.8. The van der Waals surface area contributed by atoms with Gasteiger partial charge in [-0.1, -0.05) is 42.8 Å². The third kappa shape index (κ3) is 5.31. The largest absolute Gasteiger partial charge is 0.347 e. The molecule has 0 spiro atoms. The first kappa shape index (κ1) is 21.8. The van der Waals surface area contributed by atoms with Crippen molar-refractivity contribution in [1.82, 2.24) is 20.2 Å². The second-order valence-corrected chi connectivity index (χ2v) is 9.42. The Labute approximate surface area is 196 Å². The van der Waals surface area contributed by atoms with Gasteiger partial charge in [0.05, 0.1) is 17.4 Å². The Morgan fingerprint density at radius 3 is 2.39 bits per heavy atom. The molecule has 170 valence electrons. The molecule has 5 nitrogen and oxygen atoms in total. The molecule has 33 heavy (non-hydrogen) atoms. The Morgan fingerprint density at radius 2 is 1.73 bits per heavy atom. The minimum absolute atomic E-state index is 0.0198. The van der Waals surface area contributed by atoms with Crippen LogP contribution in [0.4, 0.5) is 0 Å². The average Bonchev–Trinajstić information content (AvgIpc) is 2.83. The molecule has 0 radical (unpaired) electrons. The van der Waals surface area contributed by atoms with E-state index in [0.29, 0.717) is 5.92 Å². The standard InChI is InChI=1S/C28H32N4O/c33-28(23-7-5-8-23)31-27(26-11-2-4-17-30-26)24-9-6-18-32(20-24)19-21-12-14-22(15-13-21)25-10-1-3-16-29-25/h1-4,10-17,23-24,27H,5-9,18-20H2,(H,31,33). The molecule has 0 bridgehead atoms. The average molecular weight is 441 g/mol. The molecular formula is C28H32N4O. The molecule has 2 aromatic heterocycles. The summed E-state index contributed by atoms with van der Waals surface area (Å²) in [4.78, 5) is 24.4. The summed E-state index contributed by atoms with van der Waals surface area (Å²) in [5, 5.41) is 3.38. The summed E-state index contributed by atoms with van der Waals surface area (Å²) in [5.74, 6) is 0.762. The van der Waals surface area contributed by atoms with E-state index in [1.54, 1.807) is 0 Å². The fourth-order valence-electron chi connectivity index (χ4n) is 5.01. The molecule has 5 heteroatoms. The van der Waals surface area contributed by atoms with Gasteiger partial charge in [0.25, 0.3) is 0 Å². The van der Waals surface area contributed by atoms with E-state index in [0.717, 1.165) is 62.3 Å². The molecule has 1 N–H and O–H groups in total. The van der Waals surface area contributed by atoms with E-state index in [1.165, 1.54) is 12.0 Å². The van der Waals surface area contributed by atoms with Crippen molar-refractivity contribution < 1.29 is 4.79 Å². The van der Waals surface area contributed by atoms with Crippen LogP contribution in [0.25, 0.3) is 11.3 Å². The quantitative estimate of drug-likeness (QED) is 0.561. The zero-order valence-electron chi connectivity index (χ0n) is 19.1. The molecule has 3 aromatic rings.